The third-order valence-electron chi connectivity index (χ3n) is 3.01. The molecule has 20 heavy (non-hydrogen) atoms. The highest BCUT2D eigenvalue weighted by molar-refractivity contribution is 6.30. The van der Waals surface area contributed by atoms with Crippen LogP contribution in [0.5, 0.6) is 0 Å². The molecule has 7 heteroatoms. The fourth-order valence-corrected chi connectivity index (χ4v) is 2.22. The predicted octanol–water partition coefficient (Wildman–Crippen LogP) is 1.21. The molecule has 1 aromatic carbocycles. The van der Waals surface area contributed by atoms with E-state index < -0.39 is 11.9 Å². The van der Waals surface area contributed by atoms with Gasteiger partial charge >= 0.3 is 5.97 Å². The van der Waals surface area contributed by atoms with E-state index in [0.717, 1.165) is 0 Å². The molecule has 2 N–H and O–H groups in total. The number of anilines is 1. The van der Waals surface area contributed by atoms with Crippen LogP contribution in [0.1, 0.15) is 6.42 Å². The molecule has 0 radical (unpaired) electrons. The molecule has 1 aliphatic heterocycles. The van der Waals surface area contributed by atoms with Crippen LogP contribution in [0.25, 0.3) is 0 Å². The maximum Gasteiger partial charge on any atom is 0.308 e. The summed E-state index contributed by atoms with van der Waals surface area (Å²) in [5.74, 6) is -2.46. The molecule has 0 aliphatic carbocycles. The Labute approximate surface area is 120 Å². The molecule has 1 fully saturated rings. The van der Waals surface area contributed by atoms with E-state index in [0.29, 0.717) is 10.7 Å². The van der Waals surface area contributed by atoms with E-state index in [1.807, 2.05) is 0 Å². The van der Waals surface area contributed by atoms with Crippen molar-refractivity contribution in [3.8, 4) is 0 Å². The Balaban J connectivity index is 1.92. The van der Waals surface area contributed by atoms with Crippen LogP contribution >= 0.6 is 11.6 Å². The minimum atomic E-state index is -1.02. The number of nitrogens with zero attached hydrogens (tertiary/aromatic N) is 1. The Kier molecular flexibility index (Phi) is 4.24. The number of halogens is 1. The lowest BCUT2D eigenvalue weighted by atomic mass is 10.1. The molecule has 6 nitrogen and oxygen atoms in total. The van der Waals surface area contributed by atoms with Gasteiger partial charge in [-0.1, -0.05) is 17.7 Å². The van der Waals surface area contributed by atoms with E-state index in [1.54, 1.807) is 24.3 Å². The zero-order chi connectivity index (χ0) is 14.7. The van der Waals surface area contributed by atoms with Crippen molar-refractivity contribution in [1.82, 2.24) is 4.90 Å². The Morgan fingerprint density at radius 1 is 1.45 bits per heavy atom. The smallest absolute Gasteiger partial charge is 0.308 e. The van der Waals surface area contributed by atoms with Gasteiger partial charge in [-0.3, -0.25) is 14.4 Å². The first-order valence-electron chi connectivity index (χ1n) is 6.01. The first kappa shape index (κ1) is 14.3. The quantitative estimate of drug-likeness (QED) is 0.874. The van der Waals surface area contributed by atoms with Crippen LogP contribution in [0.3, 0.4) is 0 Å². The molecule has 0 saturated carbocycles. The highest BCUT2D eigenvalue weighted by atomic mass is 35.5. The lowest BCUT2D eigenvalue weighted by molar-refractivity contribution is -0.141. The van der Waals surface area contributed by atoms with Crippen LogP contribution in [-0.2, 0) is 14.4 Å². The van der Waals surface area contributed by atoms with E-state index in [2.05, 4.69) is 5.32 Å². The third-order valence-corrected chi connectivity index (χ3v) is 3.24. The minimum Gasteiger partial charge on any atom is -0.481 e. The third kappa shape index (κ3) is 3.48. The van der Waals surface area contributed by atoms with Gasteiger partial charge in [-0.05, 0) is 18.2 Å². The molecule has 1 aromatic rings. The van der Waals surface area contributed by atoms with Gasteiger partial charge in [0.1, 0.15) is 0 Å². The zero-order valence-electron chi connectivity index (χ0n) is 10.5. The van der Waals surface area contributed by atoms with Crippen LogP contribution in [0, 0.1) is 5.92 Å². The van der Waals surface area contributed by atoms with E-state index >= 15 is 0 Å². The lowest BCUT2D eigenvalue weighted by Gasteiger charge is -2.15. The fourth-order valence-electron chi connectivity index (χ4n) is 2.03. The van der Waals surface area contributed by atoms with Crippen molar-refractivity contribution in [2.24, 2.45) is 5.92 Å². The molecule has 2 rings (SSSR count). The van der Waals surface area contributed by atoms with Crippen LogP contribution < -0.4 is 5.32 Å². The molecule has 1 unspecified atom stereocenters. The van der Waals surface area contributed by atoms with Crippen LogP contribution in [0.2, 0.25) is 5.02 Å². The van der Waals surface area contributed by atoms with Gasteiger partial charge in [0, 0.05) is 23.7 Å². The Morgan fingerprint density at radius 3 is 2.80 bits per heavy atom. The Morgan fingerprint density at radius 2 is 2.20 bits per heavy atom. The molecule has 0 aromatic heterocycles. The summed E-state index contributed by atoms with van der Waals surface area (Å²) in [6, 6.07) is 6.64. The van der Waals surface area contributed by atoms with Gasteiger partial charge in [0.25, 0.3) is 0 Å². The number of carboxylic acid groups (broad SMARTS) is 1. The topological polar surface area (TPSA) is 86.7 Å². The van der Waals surface area contributed by atoms with E-state index in [4.69, 9.17) is 16.7 Å². The molecule has 0 spiro atoms. The summed E-state index contributed by atoms with van der Waals surface area (Å²) in [6.45, 7) is -0.0910. The molecule has 0 bridgehead atoms. The summed E-state index contributed by atoms with van der Waals surface area (Å²) in [7, 11) is 0. The SMILES string of the molecule is O=C(CN1CC(C(=O)O)CC1=O)Nc1cccc(Cl)c1. The lowest BCUT2D eigenvalue weighted by Crippen LogP contribution is -2.34. The van der Waals surface area contributed by atoms with E-state index in [-0.39, 0.29) is 31.3 Å². The van der Waals surface area contributed by atoms with Crippen molar-refractivity contribution in [3.05, 3.63) is 29.3 Å². The molecule has 1 atom stereocenters. The second kappa shape index (κ2) is 5.92. The van der Waals surface area contributed by atoms with Gasteiger partial charge in [-0.15, -0.1) is 0 Å². The number of aliphatic carboxylic acids is 1. The van der Waals surface area contributed by atoms with Gasteiger partial charge in [-0.2, -0.15) is 0 Å². The highest BCUT2D eigenvalue weighted by Crippen LogP contribution is 2.18. The first-order chi connectivity index (χ1) is 9.45. The second-order valence-electron chi connectivity index (χ2n) is 4.57. The first-order valence-corrected chi connectivity index (χ1v) is 6.39. The van der Waals surface area contributed by atoms with Crippen molar-refractivity contribution in [3.63, 3.8) is 0 Å². The maximum atomic E-state index is 11.8. The molecule has 1 heterocycles. The van der Waals surface area contributed by atoms with Gasteiger partial charge < -0.3 is 15.3 Å². The molecule has 1 saturated heterocycles. The molecular weight excluding hydrogens is 284 g/mol. The molecular formula is C13H13ClN2O4. The van der Waals surface area contributed by atoms with Crippen LogP contribution in [-0.4, -0.2) is 40.9 Å². The van der Waals surface area contributed by atoms with Gasteiger partial charge in [0.05, 0.1) is 12.5 Å². The summed E-state index contributed by atoms with van der Waals surface area (Å²) in [5.41, 5.74) is 0.531. The number of hydrogen-bond acceptors (Lipinski definition) is 3. The zero-order valence-corrected chi connectivity index (χ0v) is 11.3. The number of carbonyl (C=O) groups is 3. The average molecular weight is 297 g/mol. The fraction of sp³-hybridized carbons (Fsp3) is 0.308. The standard InChI is InChI=1S/C13H13ClN2O4/c14-9-2-1-3-10(5-9)15-11(17)7-16-6-8(13(19)20)4-12(16)18/h1-3,5,8H,4,6-7H2,(H,15,17)(H,19,20). The number of rotatable bonds is 4. The van der Waals surface area contributed by atoms with E-state index in [1.165, 1.54) is 4.90 Å². The van der Waals surface area contributed by atoms with Crippen molar-refractivity contribution in [2.75, 3.05) is 18.4 Å². The van der Waals surface area contributed by atoms with Gasteiger partial charge in [0.15, 0.2) is 0 Å². The summed E-state index contributed by atoms with van der Waals surface area (Å²) in [5, 5.41) is 12.0. The summed E-state index contributed by atoms with van der Waals surface area (Å²) < 4.78 is 0. The van der Waals surface area contributed by atoms with Crippen molar-refractivity contribution < 1.29 is 19.5 Å². The number of nitrogens with one attached hydrogen (secondary N) is 1. The highest BCUT2D eigenvalue weighted by Gasteiger charge is 2.34. The summed E-state index contributed by atoms with van der Waals surface area (Å²) >= 11 is 5.79. The summed E-state index contributed by atoms with van der Waals surface area (Å²) in [4.78, 5) is 35.5. The largest absolute Gasteiger partial charge is 0.481 e. The minimum absolute atomic E-state index is 0.0558. The number of amides is 2. The van der Waals surface area contributed by atoms with E-state index in [9.17, 15) is 14.4 Å². The predicted molar refractivity (Wildman–Crippen MR) is 72.4 cm³/mol. The molecule has 2 amide bonds. The Hall–Kier alpha value is -2.08. The normalized spacial score (nSPS) is 18.1. The second-order valence-corrected chi connectivity index (χ2v) is 5.01. The number of carboxylic acids is 1. The monoisotopic (exact) mass is 296 g/mol. The van der Waals surface area contributed by atoms with Crippen molar-refractivity contribution in [2.45, 2.75) is 6.42 Å². The number of likely N-dealkylation sites (tertiary alicyclic amines) is 1. The molecule has 106 valence electrons. The number of hydrogen-bond donors (Lipinski definition) is 2. The summed E-state index contributed by atoms with van der Waals surface area (Å²) in [6.07, 6.45) is -0.0558. The Bertz CT molecular complexity index is 561. The van der Waals surface area contributed by atoms with Gasteiger partial charge in [0.2, 0.25) is 11.8 Å². The maximum absolute atomic E-state index is 11.8. The van der Waals surface area contributed by atoms with Crippen LogP contribution in [0.15, 0.2) is 24.3 Å². The van der Waals surface area contributed by atoms with Crippen molar-refractivity contribution >= 4 is 35.1 Å². The molecule has 1 aliphatic rings. The average Bonchev–Trinajstić information content (AvgIpc) is 2.71. The number of benzene rings is 1. The van der Waals surface area contributed by atoms with Gasteiger partial charge in [-0.25, -0.2) is 0 Å². The van der Waals surface area contributed by atoms with Crippen LogP contribution in [0.4, 0.5) is 5.69 Å². The van der Waals surface area contributed by atoms with Crippen molar-refractivity contribution in [1.29, 1.82) is 0 Å². The number of carbonyl (C=O) groups excluding carboxylic acids is 2.